The van der Waals surface area contributed by atoms with Crippen molar-refractivity contribution in [3.8, 4) is 0 Å². The fourth-order valence-corrected chi connectivity index (χ4v) is 2.70. The molecule has 2 rings (SSSR count). The molecule has 0 bridgehead atoms. The molecule has 0 fully saturated rings. The van der Waals surface area contributed by atoms with Crippen molar-refractivity contribution in [3.63, 3.8) is 0 Å². The predicted molar refractivity (Wildman–Crippen MR) is 82.6 cm³/mol. The van der Waals surface area contributed by atoms with Gasteiger partial charge in [-0.25, -0.2) is 0 Å². The molecule has 0 saturated heterocycles. The average Bonchev–Trinajstić information content (AvgIpc) is 2.84. The molecule has 1 aromatic carbocycles. The van der Waals surface area contributed by atoms with Crippen molar-refractivity contribution in [2.24, 2.45) is 0 Å². The van der Waals surface area contributed by atoms with Crippen LogP contribution in [0.4, 0.5) is 5.69 Å². The van der Waals surface area contributed by atoms with E-state index in [1.54, 1.807) is 17.4 Å². The Morgan fingerprint density at radius 3 is 2.47 bits per heavy atom. The second-order valence-corrected chi connectivity index (χ2v) is 5.59. The summed E-state index contributed by atoms with van der Waals surface area (Å²) < 4.78 is 0. The van der Waals surface area contributed by atoms with E-state index in [0.717, 1.165) is 21.7 Å². The molecule has 2 aromatic rings. The Labute approximate surface area is 117 Å². The number of rotatable bonds is 3. The predicted octanol–water partition coefficient (Wildman–Crippen LogP) is 4.33. The quantitative estimate of drug-likeness (QED) is 0.827. The second-order valence-electron chi connectivity index (χ2n) is 4.61. The van der Waals surface area contributed by atoms with Crippen molar-refractivity contribution in [3.05, 3.63) is 57.3 Å². The third kappa shape index (κ3) is 3.55. The zero-order valence-electron chi connectivity index (χ0n) is 11.4. The Hall–Kier alpha value is -1.87. The lowest BCUT2D eigenvalue weighted by Crippen LogP contribution is -2.10. The second kappa shape index (κ2) is 5.85. The van der Waals surface area contributed by atoms with E-state index >= 15 is 0 Å². The van der Waals surface area contributed by atoms with Gasteiger partial charge in [-0.15, -0.1) is 11.3 Å². The molecule has 0 saturated carbocycles. The molecule has 0 aliphatic carbocycles. The van der Waals surface area contributed by atoms with E-state index in [-0.39, 0.29) is 5.91 Å². The number of hydrogen-bond donors (Lipinski definition) is 1. The van der Waals surface area contributed by atoms with Crippen LogP contribution in [0.3, 0.4) is 0 Å². The highest BCUT2D eigenvalue weighted by molar-refractivity contribution is 7.10. The van der Waals surface area contributed by atoms with Crippen LogP contribution in [0.1, 0.15) is 21.6 Å². The molecule has 1 aromatic heterocycles. The summed E-state index contributed by atoms with van der Waals surface area (Å²) in [5.41, 5.74) is 4.30. The van der Waals surface area contributed by atoms with Gasteiger partial charge in [0.1, 0.15) is 0 Å². The summed E-state index contributed by atoms with van der Waals surface area (Å²) in [6.07, 6.45) is 3.41. The van der Waals surface area contributed by atoms with E-state index in [2.05, 4.69) is 24.4 Å². The molecule has 0 radical (unpaired) electrons. The zero-order chi connectivity index (χ0) is 13.8. The number of nitrogens with one attached hydrogen (secondary N) is 1. The number of carbonyl (C=O) groups is 1. The maximum atomic E-state index is 11.9. The van der Waals surface area contributed by atoms with E-state index < -0.39 is 0 Å². The Morgan fingerprint density at radius 1 is 1.21 bits per heavy atom. The topological polar surface area (TPSA) is 29.1 Å². The van der Waals surface area contributed by atoms with Gasteiger partial charge in [0.05, 0.1) is 0 Å². The molecule has 0 aliphatic heterocycles. The van der Waals surface area contributed by atoms with E-state index in [1.807, 2.05) is 37.4 Å². The van der Waals surface area contributed by atoms with Crippen LogP contribution >= 0.6 is 11.3 Å². The first-order valence-corrected chi connectivity index (χ1v) is 7.04. The Morgan fingerprint density at radius 2 is 1.89 bits per heavy atom. The van der Waals surface area contributed by atoms with Gasteiger partial charge in [-0.05, 0) is 49.4 Å². The number of hydrogen-bond acceptors (Lipinski definition) is 2. The van der Waals surface area contributed by atoms with Crippen molar-refractivity contribution >= 4 is 29.0 Å². The monoisotopic (exact) mass is 271 g/mol. The molecule has 2 nitrogen and oxygen atoms in total. The number of thiophene rings is 1. The van der Waals surface area contributed by atoms with Gasteiger partial charge < -0.3 is 5.32 Å². The van der Waals surface area contributed by atoms with Gasteiger partial charge in [0.25, 0.3) is 0 Å². The molecular formula is C16H17NOS. The smallest absolute Gasteiger partial charge is 0.248 e. The van der Waals surface area contributed by atoms with Gasteiger partial charge in [-0.1, -0.05) is 23.8 Å². The third-order valence-electron chi connectivity index (χ3n) is 2.87. The Bertz CT molecular complexity index is 589. The van der Waals surface area contributed by atoms with Gasteiger partial charge in [0.2, 0.25) is 5.91 Å². The first kappa shape index (κ1) is 13.6. The first-order valence-electron chi connectivity index (χ1n) is 6.16. The molecule has 1 N–H and O–H groups in total. The number of amides is 1. The fourth-order valence-electron chi connectivity index (χ4n) is 2.09. The third-order valence-corrected chi connectivity index (χ3v) is 3.70. The average molecular weight is 271 g/mol. The van der Waals surface area contributed by atoms with E-state index in [4.69, 9.17) is 0 Å². The minimum absolute atomic E-state index is 0.0940. The normalized spacial score (nSPS) is 10.9. The van der Waals surface area contributed by atoms with Crippen LogP contribution in [0.25, 0.3) is 6.08 Å². The van der Waals surface area contributed by atoms with Crippen LogP contribution in [0.2, 0.25) is 0 Å². The lowest BCUT2D eigenvalue weighted by atomic mass is 10.1. The van der Waals surface area contributed by atoms with Crippen molar-refractivity contribution < 1.29 is 4.79 Å². The van der Waals surface area contributed by atoms with Crippen LogP contribution in [-0.2, 0) is 4.79 Å². The summed E-state index contributed by atoms with van der Waals surface area (Å²) in [7, 11) is 0. The summed E-state index contributed by atoms with van der Waals surface area (Å²) in [5, 5.41) is 4.94. The molecule has 3 heteroatoms. The number of anilines is 1. The fraction of sp³-hybridized carbons (Fsp3) is 0.188. The lowest BCUT2D eigenvalue weighted by Gasteiger charge is -2.11. The van der Waals surface area contributed by atoms with Crippen LogP contribution < -0.4 is 5.32 Å². The lowest BCUT2D eigenvalue weighted by molar-refractivity contribution is -0.111. The van der Waals surface area contributed by atoms with Crippen LogP contribution in [0, 0.1) is 20.8 Å². The molecule has 19 heavy (non-hydrogen) atoms. The molecule has 1 heterocycles. The van der Waals surface area contributed by atoms with Gasteiger partial charge in [0, 0.05) is 16.6 Å². The first-order chi connectivity index (χ1) is 9.06. The molecule has 98 valence electrons. The molecule has 0 unspecified atom stereocenters. The Kier molecular flexibility index (Phi) is 4.17. The molecule has 1 amide bonds. The van der Waals surface area contributed by atoms with Crippen LogP contribution in [0.15, 0.2) is 35.7 Å². The molecule has 0 spiro atoms. The highest BCUT2D eigenvalue weighted by Gasteiger charge is 2.05. The standard InChI is InChI=1S/C16H17NOS/c1-11-9-12(2)16(13(3)10-11)17-15(18)7-6-14-5-4-8-19-14/h4-10H,1-3H3,(H,17,18)/b7-6-. The van der Waals surface area contributed by atoms with E-state index in [0.29, 0.717) is 0 Å². The van der Waals surface area contributed by atoms with E-state index in [1.165, 1.54) is 5.56 Å². The highest BCUT2D eigenvalue weighted by atomic mass is 32.1. The van der Waals surface area contributed by atoms with E-state index in [9.17, 15) is 4.79 Å². The summed E-state index contributed by atoms with van der Waals surface area (Å²) in [5.74, 6) is -0.0940. The van der Waals surface area contributed by atoms with Crippen molar-refractivity contribution in [1.82, 2.24) is 0 Å². The minimum atomic E-state index is -0.0940. The van der Waals surface area contributed by atoms with Gasteiger partial charge in [-0.2, -0.15) is 0 Å². The molecule has 0 atom stereocenters. The maximum Gasteiger partial charge on any atom is 0.248 e. The number of carbonyl (C=O) groups excluding carboxylic acids is 1. The Balaban J connectivity index is 2.11. The zero-order valence-corrected chi connectivity index (χ0v) is 12.2. The molecule has 0 aliphatic rings. The summed E-state index contributed by atoms with van der Waals surface area (Å²) >= 11 is 1.61. The minimum Gasteiger partial charge on any atom is -0.322 e. The number of aryl methyl sites for hydroxylation is 3. The summed E-state index contributed by atoms with van der Waals surface area (Å²) in [6, 6.07) is 8.10. The van der Waals surface area contributed by atoms with Crippen molar-refractivity contribution in [1.29, 1.82) is 0 Å². The van der Waals surface area contributed by atoms with Gasteiger partial charge >= 0.3 is 0 Å². The van der Waals surface area contributed by atoms with Crippen molar-refractivity contribution in [2.75, 3.05) is 5.32 Å². The SMILES string of the molecule is Cc1cc(C)c(NC(=O)/C=C\c2cccs2)c(C)c1. The summed E-state index contributed by atoms with van der Waals surface area (Å²) in [4.78, 5) is 13.0. The van der Waals surface area contributed by atoms with Crippen molar-refractivity contribution in [2.45, 2.75) is 20.8 Å². The van der Waals surface area contributed by atoms with Crippen LogP contribution in [-0.4, -0.2) is 5.91 Å². The van der Waals surface area contributed by atoms with Gasteiger partial charge in [-0.3, -0.25) is 4.79 Å². The number of benzene rings is 1. The largest absolute Gasteiger partial charge is 0.322 e. The van der Waals surface area contributed by atoms with Gasteiger partial charge in [0.15, 0.2) is 0 Å². The van der Waals surface area contributed by atoms with Crippen LogP contribution in [0.5, 0.6) is 0 Å². The highest BCUT2D eigenvalue weighted by Crippen LogP contribution is 2.22. The molecular weight excluding hydrogens is 254 g/mol. The summed E-state index contributed by atoms with van der Waals surface area (Å²) in [6.45, 7) is 6.08. The maximum absolute atomic E-state index is 11.9.